The zero-order valence-corrected chi connectivity index (χ0v) is 13.9. The van der Waals surface area contributed by atoms with Crippen LogP contribution in [0.4, 0.5) is 10.4 Å². The van der Waals surface area contributed by atoms with Gasteiger partial charge in [0.15, 0.2) is 0 Å². The van der Waals surface area contributed by atoms with Crippen LogP contribution in [0.15, 0.2) is 28.7 Å². The van der Waals surface area contributed by atoms with Gasteiger partial charge < -0.3 is 14.2 Å². The Morgan fingerprint density at radius 1 is 1.21 bits per heavy atom. The first-order valence-corrected chi connectivity index (χ1v) is 8.11. The molecule has 1 aliphatic rings. The summed E-state index contributed by atoms with van der Waals surface area (Å²) in [6.45, 7) is 6.37. The Hall–Kier alpha value is -2.44. The van der Waals surface area contributed by atoms with Gasteiger partial charge in [0.05, 0.1) is 0 Å². The maximum absolute atomic E-state index is 13.0. The number of anilines is 1. The lowest BCUT2D eigenvalue weighted by Crippen LogP contribution is -2.49. The van der Waals surface area contributed by atoms with Gasteiger partial charge in [-0.15, -0.1) is 5.10 Å². The van der Waals surface area contributed by atoms with Crippen molar-refractivity contribution < 1.29 is 13.6 Å². The van der Waals surface area contributed by atoms with E-state index in [1.54, 1.807) is 19.1 Å². The topological polar surface area (TPSA) is 62.5 Å². The van der Waals surface area contributed by atoms with E-state index >= 15 is 0 Å². The number of rotatable bonds is 4. The summed E-state index contributed by atoms with van der Waals surface area (Å²) in [5.74, 6) is 0.462. The molecule has 6 nitrogen and oxygen atoms in total. The average molecular weight is 332 g/mol. The monoisotopic (exact) mass is 332 g/mol. The van der Waals surface area contributed by atoms with Gasteiger partial charge >= 0.3 is 6.01 Å². The Kier molecular flexibility index (Phi) is 4.78. The van der Waals surface area contributed by atoms with E-state index in [1.165, 1.54) is 12.1 Å². The summed E-state index contributed by atoms with van der Waals surface area (Å²) >= 11 is 0. The van der Waals surface area contributed by atoms with Crippen LogP contribution >= 0.6 is 0 Å². The van der Waals surface area contributed by atoms with Crippen molar-refractivity contribution in [1.82, 2.24) is 15.1 Å². The molecule has 0 spiro atoms. The summed E-state index contributed by atoms with van der Waals surface area (Å²) in [5.41, 5.74) is 0.977. The Morgan fingerprint density at radius 2 is 1.88 bits per heavy atom. The molecule has 0 radical (unpaired) electrons. The molecular weight excluding hydrogens is 311 g/mol. The highest BCUT2D eigenvalue weighted by Crippen LogP contribution is 2.21. The fourth-order valence-corrected chi connectivity index (χ4v) is 2.86. The summed E-state index contributed by atoms with van der Waals surface area (Å²) in [6.07, 6.45) is 0.422. The molecule has 0 saturated carbocycles. The first-order valence-electron chi connectivity index (χ1n) is 8.11. The molecule has 0 N–H and O–H groups in total. The molecule has 0 aliphatic carbocycles. The lowest BCUT2D eigenvalue weighted by molar-refractivity contribution is -0.131. The minimum Gasteiger partial charge on any atom is -0.408 e. The van der Waals surface area contributed by atoms with Crippen LogP contribution in [0.5, 0.6) is 0 Å². The number of benzene rings is 1. The summed E-state index contributed by atoms with van der Waals surface area (Å²) in [7, 11) is 0. The third-order valence-corrected chi connectivity index (χ3v) is 4.34. The van der Waals surface area contributed by atoms with Crippen LogP contribution in [0.2, 0.25) is 0 Å². The highest BCUT2D eigenvalue weighted by molar-refractivity contribution is 5.77. The number of aryl methyl sites for hydroxylation is 1. The van der Waals surface area contributed by atoms with Crippen molar-refractivity contribution in [2.24, 2.45) is 0 Å². The van der Waals surface area contributed by atoms with E-state index < -0.39 is 0 Å². The fraction of sp³-hybridized carbons (Fsp3) is 0.471. The van der Waals surface area contributed by atoms with Crippen molar-refractivity contribution in [3.05, 3.63) is 41.5 Å². The van der Waals surface area contributed by atoms with E-state index in [1.807, 2.05) is 16.7 Å². The lowest BCUT2D eigenvalue weighted by Gasteiger charge is -2.34. The highest BCUT2D eigenvalue weighted by atomic mass is 19.1. The number of amides is 1. The summed E-state index contributed by atoms with van der Waals surface area (Å²) in [6, 6.07) is 6.86. The molecule has 7 heteroatoms. The number of carbonyl (C=O) groups excluding carboxylic acids is 1. The third kappa shape index (κ3) is 3.72. The Labute approximate surface area is 140 Å². The maximum atomic E-state index is 13.0. The van der Waals surface area contributed by atoms with Gasteiger partial charge in [0.1, 0.15) is 5.82 Å². The van der Waals surface area contributed by atoms with Gasteiger partial charge in [-0.05, 0) is 23.6 Å². The first-order chi connectivity index (χ1) is 11.5. The zero-order valence-electron chi connectivity index (χ0n) is 13.9. The summed E-state index contributed by atoms with van der Waals surface area (Å²) < 4.78 is 18.4. The van der Waals surface area contributed by atoms with Crippen LogP contribution in [-0.4, -0.2) is 47.2 Å². The molecule has 2 aromatic rings. The Balaban J connectivity index is 1.52. The van der Waals surface area contributed by atoms with E-state index in [9.17, 15) is 9.18 Å². The van der Waals surface area contributed by atoms with Crippen molar-refractivity contribution in [2.75, 3.05) is 31.1 Å². The molecule has 1 saturated heterocycles. The van der Waals surface area contributed by atoms with Gasteiger partial charge in [0.2, 0.25) is 11.8 Å². The maximum Gasteiger partial charge on any atom is 0.318 e. The van der Waals surface area contributed by atoms with Crippen LogP contribution in [0, 0.1) is 12.7 Å². The second-order valence-electron chi connectivity index (χ2n) is 6.13. The first kappa shape index (κ1) is 16.4. The number of hydrogen-bond donors (Lipinski definition) is 0. The smallest absolute Gasteiger partial charge is 0.318 e. The number of carbonyl (C=O) groups is 1. The number of aromatic nitrogens is 2. The second-order valence-corrected chi connectivity index (χ2v) is 6.13. The van der Waals surface area contributed by atoms with E-state index in [2.05, 4.69) is 10.2 Å². The number of halogens is 1. The molecule has 0 bridgehead atoms. The quantitative estimate of drug-likeness (QED) is 0.860. The molecule has 1 unspecified atom stereocenters. The summed E-state index contributed by atoms with van der Waals surface area (Å²) in [4.78, 5) is 16.3. The molecule has 3 rings (SSSR count). The predicted octanol–water partition coefficient (Wildman–Crippen LogP) is 2.36. The fourth-order valence-electron chi connectivity index (χ4n) is 2.86. The van der Waals surface area contributed by atoms with Crippen LogP contribution in [0.25, 0.3) is 0 Å². The van der Waals surface area contributed by atoms with Gasteiger partial charge in [-0.2, -0.15) is 0 Å². The van der Waals surface area contributed by atoms with E-state index in [4.69, 9.17) is 4.42 Å². The van der Waals surface area contributed by atoms with Gasteiger partial charge in [-0.1, -0.05) is 24.2 Å². The van der Waals surface area contributed by atoms with Gasteiger partial charge in [0, 0.05) is 39.5 Å². The van der Waals surface area contributed by atoms with Crippen molar-refractivity contribution in [1.29, 1.82) is 0 Å². The van der Waals surface area contributed by atoms with E-state index in [0.29, 0.717) is 44.5 Å². The SMILES string of the molecule is Cc1nnc(N2CCN(C(=O)CC(C)c3ccc(F)cc3)CC2)o1. The number of nitrogens with zero attached hydrogens (tertiary/aromatic N) is 4. The van der Waals surface area contributed by atoms with Gasteiger partial charge in [0.25, 0.3) is 0 Å². The molecular formula is C17H21FN4O2. The predicted molar refractivity (Wildman–Crippen MR) is 87.3 cm³/mol. The highest BCUT2D eigenvalue weighted by Gasteiger charge is 2.25. The van der Waals surface area contributed by atoms with Gasteiger partial charge in [-0.25, -0.2) is 4.39 Å². The molecule has 2 heterocycles. The second kappa shape index (κ2) is 6.98. The molecule has 1 aliphatic heterocycles. The molecule has 1 fully saturated rings. The van der Waals surface area contributed by atoms with Crippen molar-refractivity contribution in [2.45, 2.75) is 26.2 Å². The standard InChI is InChI=1S/C17H21FN4O2/c1-12(14-3-5-15(18)6-4-14)11-16(23)21-7-9-22(10-8-21)17-20-19-13(2)24-17/h3-6,12H,7-11H2,1-2H3. The Bertz CT molecular complexity index is 693. The largest absolute Gasteiger partial charge is 0.408 e. The molecule has 128 valence electrons. The molecule has 1 amide bonds. The molecule has 1 aromatic heterocycles. The average Bonchev–Trinajstić information content (AvgIpc) is 3.02. The van der Waals surface area contributed by atoms with Crippen molar-refractivity contribution >= 4 is 11.9 Å². The normalized spacial score (nSPS) is 16.3. The zero-order chi connectivity index (χ0) is 17.1. The lowest BCUT2D eigenvalue weighted by atomic mass is 9.97. The van der Waals surface area contributed by atoms with Crippen LogP contribution in [0.3, 0.4) is 0 Å². The van der Waals surface area contributed by atoms with Crippen molar-refractivity contribution in [3.63, 3.8) is 0 Å². The number of piperazine rings is 1. The Morgan fingerprint density at radius 3 is 2.46 bits per heavy atom. The van der Waals surface area contributed by atoms with Crippen molar-refractivity contribution in [3.8, 4) is 0 Å². The van der Waals surface area contributed by atoms with Gasteiger partial charge in [-0.3, -0.25) is 4.79 Å². The summed E-state index contributed by atoms with van der Waals surface area (Å²) in [5, 5.41) is 7.84. The van der Waals surface area contributed by atoms with Crippen LogP contribution in [0.1, 0.15) is 30.7 Å². The molecule has 24 heavy (non-hydrogen) atoms. The van der Waals surface area contributed by atoms with E-state index in [-0.39, 0.29) is 17.6 Å². The minimum absolute atomic E-state index is 0.0646. The molecule has 1 aromatic carbocycles. The minimum atomic E-state index is -0.260. The van der Waals surface area contributed by atoms with Crippen LogP contribution < -0.4 is 4.90 Å². The number of hydrogen-bond acceptors (Lipinski definition) is 5. The van der Waals surface area contributed by atoms with E-state index in [0.717, 1.165) is 5.56 Å². The van der Waals surface area contributed by atoms with Crippen LogP contribution in [-0.2, 0) is 4.79 Å². The molecule has 1 atom stereocenters. The third-order valence-electron chi connectivity index (χ3n) is 4.34.